The lowest BCUT2D eigenvalue weighted by molar-refractivity contribution is 0.258. The molecule has 0 saturated heterocycles. The van der Waals surface area contributed by atoms with E-state index >= 15 is 0 Å². The molecule has 0 saturated carbocycles. The molecule has 3 nitrogen and oxygen atoms in total. The van der Waals surface area contributed by atoms with E-state index in [-0.39, 0.29) is 0 Å². The van der Waals surface area contributed by atoms with Gasteiger partial charge in [0, 0.05) is 32.2 Å². The Balaban J connectivity index is 2.53. The highest BCUT2D eigenvalue weighted by Crippen LogP contribution is 2.27. The number of nitrogens with zero attached hydrogens (tertiary/aromatic N) is 2. The van der Waals surface area contributed by atoms with Gasteiger partial charge in [0.15, 0.2) is 0 Å². The van der Waals surface area contributed by atoms with Gasteiger partial charge in [-0.15, -0.1) is 0 Å². The fraction of sp³-hybridized carbons (Fsp3) is 0.682. The SMILES string of the molecule is C/C=C\C(=C/C)CN1C=CC(CN(CC)CCC(C)CCCO)=[PH](C)C1. The summed E-state index contributed by atoms with van der Waals surface area (Å²) in [6.07, 6.45) is 15.8. The molecular weight excluding hydrogens is 339 g/mol. The van der Waals surface area contributed by atoms with Gasteiger partial charge in [0.1, 0.15) is 0 Å². The van der Waals surface area contributed by atoms with Crippen molar-refractivity contribution in [3.63, 3.8) is 0 Å². The van der Waals surface area contributed by atoms with Crippen molar-refractivity contribution in [1.82, 2.24) is 9.80 Å². The van der Waals surface area contributed by atoms with Crippen LogP contribution in [-0.2, 0) is 0 Å². The maximum atomic E-state index is 8.98. The Morgan fingerprint density at radius 2 is 2.15 bits per heavy atom. The van der Waals surface area contributed by atoms with Crippen LogP contribution in [-0.4, -0.2) is 65.9 Å². The van der Waals surface area contributed by atoms with Crippen LogP contribution in [0.5, 0.6) is 0 Å². The Kier molecular flexibility index (Phi) is 12.0. The smallest absolute Gasteiger partial charge is 0.0431 e. The summed E-state index contributed by atoms with van der Waals surface area (Å²) >= 11 is 0. The van der Waals surface area contributed by atoms with Crippen LogP contribution in [0, 0.1) is 5.92 Å². The lowest BCUT2D eigenvalue weighted by Gasteiger charge is -2.30. The molecule has 1 aliphatic heterocycles. The van der Waals surface area contributed by atoms with E-state index < -0.39 is 7.55 Å². The Bertz CT molecular complexity index is 522. The van der Waals surface area contributed by atoms with Crippen molar-refractivity contribution in [2.24, 2.45) is 5.92 Å². The molecule has 0 amide bonds. The molecule has 0 radical (unpaired) electrons. The molecule has 1 aliphatic rings. The second-order valence-electron chi connectivity index (χ2n) is 7.52. The highest BCUT2D eigenvalue weighted by atomic mass is 31.1. The first-order valence-electron chi connectivity index (χ1n) is 10.3. The van der Waals surface area contributed by atoms with Gasteiger partial charge in [-0.1, -0.05) is 39.6 Å². The van der Waals surface area contributed by atoms with E-state index in [1.54, 1.807) is 5.29 Å². The van der Waals surface area contributed by atoms with Gasteiger partial charge in [-0.3, -0.25) is 4.90 Å². The summed E-state index contributed by atoms with van der Waals surface area (Å²) in [6.45, 7) is 16.0. The number of aliphatic hydroxyl groups excluding tert-OH is 1. The van der Waals surface area contributed by atoms with Gasteiger partial charge >= 0.3 is 0 Å². The summed E-state index contributed by atoms with van der Waals surface area (Å²) in [5.41, 5.74) is 1.39. The van der Waals surface area contributed by atoms with Crippen molar-refractivity contribution in [3.05, 3.63) is 36.1 Å². The second-order valence-corrected chi connectivity index (χ2v) is 10.0. The van der Waals surface area contributed by atoms with E-state index in [1.807, 2.05) is 0 Å². The minimum atomic E-state index is -0.474. The van der Waals surface area contributed by atoms with Crippen LogP contribution < -0.4 is 0 Å². The van der Waals surface area contributed by atoms with Crippen LogP contribution in [0.4, 0.5) is 0 Å². The molecule has 0 aliphatic carbocycles. The highest BCUT2D eigenvalue weighted by Gasteiger charge is 2.13. The minimum Gasteiger partial charge on any atom is -0.396 e. The Labute approximate surface area is 162 Å². The first-order chi connectivity index (χ1) is 12.5. The predicted octanol–water partition coefficient (Wildman–Crippen LogP) is 4.43. The average molecular weight is 381 g/mol. The van der Waals surface area contributed by atoms with E-state index in [0.717, 1.165) is 32.5 Å². The maximum absolute atomic E-state index is 8.98. The maximum Gasteiger partial charge on any atom is 0.0431 e. The van der Waals surface area contributed by atoms with Crippen molar-refractivity contribution in [2.45, 2.75) is 47.0 Å². The third kappa shape index (κ3) is 8.75. The lowest BCUT2D eigenvalue weighted by atomic mass is 10.0. The van der Waals surface area contributed by atoms with Gasteiger partial charge < -0.3 is 10.0 Å². The molecule has 1 rings (SSSR count). The largest absolute Gasteiger partial charge is 0.396 e. The normalized spacial score (nSPS) is 19.8. The van der Waals surface area contributed by atoms with Gasteiger partial charge in [0.2, 0.25) is 0 Å². The summed E-state index contributed by atoms with van der Waals surface area (Å²) in [5.74, 6) is 0.705. The van der Waals surface area contributed by atoms with Gasteiger partial charge in [-0.05, 0) is 75.7 Å². The van der Waals surface area contributed by atoms with Crippen LogP contribution in [0.25, 0.3) is 0 Å². The zero-order valence-corrected chi connectivity index (χ0v) is 18.7. The molecule has 1 heterocycles. The zero-order chi connectivity index (χ0) is 19.4. The predicted molar refractivity (Wildman–Crippen MR) is 121 cm³/mol. The third-order valence-corrected chi connectivity index (χ3v) is 7.55. The molecular formula is C22H41N2OP. The number of hydrogen-bond donors (Lipinski definition) is 1. The number of aliphatic hydroxyl groups is 1. The van der Waals surface area contributed by atoms with E-state index in [9.17, 15) is 0 Å². The van der Waals surface area contributed by atoms with Crippen LogP contribution >= 0.6 is 7.55 Å². The zero-order valence-electron chi connectivity index (χ0n) is 17.7. The van der Waals surface area contributed by atoms with Crippen molar-refractivity contribution >= 4 is 12.8 Å². The standard InChI is InChI=1S/C22H41N2OP/c1-6-10-21(7-2)17-24-15-13-22(26(5)19-24)18-23(8-3)14-12-20(4)11-9-16-25/h6-7,10,13,15,20,25-26H,8-9,11-12,14,16-19H2,1-5H3/b10-6-,21-7+. The molecule has 2 unspecified atom stereocenters. The molecule has 1 N–H and O–H groups in total. The number of allylic oxidation sites excluding steroid dienone is 2. The van der Waals surface area contributed by atoms with Crippen molar-refractivity contribution in [3.8, 4) is 0 Å². The fourth-order valence-electron chi connectivity index (χ4n) is 3.36. The lowest BCUT2D eigenvalue weighted by Crippen LogP contribution is -2.33. The average Bonchev–Trinajstić information content (AvgIpc) is 2.64. The van der Waals surface area contributed by atoms with Crippen molar-refractivity contribution in [1.29, 1.82) is 0 Å². The Hall–Kier alpha value is -0.760. The fourth-order valence-corrected chi connectivity index (χ4v) is 5.24. The van der Waals surface area contributed by atoms with E-state index in [0.29, 0.717) is 12.5 Å². The molecule has 26 heavy (non-hydrogen) atoms. The topological polar surface area (TPSA) is 26.7 Å². The Morgan fingerprint density at radius 1 is 1.38 bits per heavy atom. The molecule has 4 heteroatoms. The summed E-state index contributed by atoms with van der Waals surface area (Å²) in [4.78, 5) is 5.07. The quantitative estimate of drug-likeness (QED) is 0.401. The molecule has 0 aromatic heterocycles. The number of rotatable bonds is 12. The van der Waals surface area contributed by atoms with E-state index in [2.05, 4.69) is 74.7 Å². The summed E-state index contributed by atoms with van der Waals surface area (Å²) in [5, 5.41) is 10.6. The monoisotopic (exact) mass is 380 g/mol. The van der Waals surface area contributed by atoms with Crippen LogP contribution in [0.2, 0.25) is 0 Å². The Morgan fingerprint density at radius 3 is 2.73 bits per heavy atom. The molecule has 0 spiro atoms. The van der Waals surface area contributed by atoms with Crippen LogP contribution in [0.3, 0.4) is 0 Å². The molecule has 0 bridgehead atoms. The first-order valence-corrected chi connectivity index (χ1v) is 12.5. The summed E-state index contributed by atoms with van der Waals surface area (Å²) in [6, 6.07) is 0. The first kappa shape index (κ1) is 23.3. The minimum absolute atomic E-state index is 0.325. The molecule has 2 atom stereocenters. The van der Waals surface area contributed by atoms with Gasteiger partial charge in [0.05, 0.1) is 0 Å². The van der Waals surface area contributed by atoms with Crippen molar-refractivity contribution in [2.75, 3.05) is 45.7 Å². The second kappa shape index (κ2) is 13.4. The van der Waals surface area contributed by atoms with Gasteiger partial charge in [-0.25, -0.2) is 0 Å². The van der Waals surface area contributed by atoms with E-state index in [1.165, 1.54) is 24.8 Å². The molecule has 0 fully saturated rings. The van der Waals surface area contributed by atoms with E-state index in [4.69, 9.17) is 5.11 Å². The molecule has 150 valence electrons. The van der Waals surface area contributed by atoms with Gasteiger partial charge in [-0.2, -0.15) is 0 Å². The summed E-state index contributed by atoms with van der Waals surface area (Å²) in [7, 11) is -0.474. The molecule has 0 aromatic rings. The van der Waals surface area contributed by atoms with Crippen molar-refractivity contribution < 1.29 is 5.11 Å². The summed E-state index contributed by atoms with van der Waals surface area (Å²) < 4.78 is 0. The van der Waals surface area contributed by atoms with Crippen LogP contribution in [0.15, 0.2) is 36.1 Å². The molecule has 0 aromatic carbocycles. The third-order valence-electron chi connectivity index (χ3n) is 5.25. The number of hydrogen-bond acceptors (Lipinski definition) is 3. The highest BCUT2D eigenvalue weighted by molar-refractivity contribution is 7.58. The van der Waals surface area contributed by atoms with Crippen LogP contribution in [0.1, 0.15) is 47.0 Å². The van der Waals surface area contributed by atoms with Gasteiger partial charge in [0.25, 0.3) is 0 Å².